The van der Waals surface area contributed by atoms with Crippen LogP contribution < -0.4 is 5.19 Å². The maximum Gasteiger partial charge on any atom is 0.416 e. The zero-order chi connectivity index (χ0) is 17.2. The van der Waals surface area contributed by atoms with Crippen molar-refractivity contribution in [3.8, 4) is 0 Å². The van der Waals surface area contributed by atoms with Crippen molar-refractivity contribution in [3.63, 3.8) is 0 Å². The van der Waals surface area contributed by atoms with E-state index in [0.29, 0.717) is 19.1 Å². The number of carbonyl (C=O) groups is 2. The molecule has 1 aliphatic heterocycles. The van der Waals surface area contributed by atoms with E-state index in [0.717, 1.165) is 0 Å². The van der Waals surface area contributed by atoms with Gasteiger partial charge >= 0.3 is 6.09 Å². The zero-order valence-electron chi connectivity index (χ0n) is 14.7. The first-order valence-electron chi connectivity index (χ1n) is 8.30. The summed E-state index contributed by atoms with van der Waals surface area (Å²) >= 11 is 0. The van der Waals surface area contributed by atoms with Gasteiger partial charge in [-0.05, 0) is 11.5 Å². The Bertz CT molecular complexity index is 571. The van der Waals surface area contributed by atoms with Crippen LogP contribution in [0.1, 0.15) is 20.8 Å². The lowest BCUT2D eigenvalue weighted by Gasteiger charge is -2.40. The number of rotatable bonds is 5. The van der Waals surface area contributed by atoms with E-state index in [-0.39, 0.29) is 17.4 Å². The van der Waals surface area contributed by atoms with Gasteiger partial charge in [0.25, 0.3) is 0 Å². The molecule has 0 bridgehead atoms. The molecule has 1 heterocycles. The van der Waals surface area contributed by atoms with Crippen molar-refractivity contribution in [2.24, 2.45) is 11.8 Å². The molecular formula is C18H27NO3Si. The summed E-state index contributed by atoms with van der Waals surface area (Å²) in [5.41, 5.74) is 0.255. The molecule has 2 atom stereocenters. The Balaban J connectivity index is 2.30. The molecule has 0 aliphatic carbocycles. The summed E-state index contributed by atoms with van der Waals surface area (Å²) in [6.45, 7) is 11.6. The first-order chi connectivity index (χ1) is 10.8. The highest BCUT2D eigenvalue weighted by Gasteiger charge is 2.44. The Morgan fingerprint density at radius 2 is 1.78 bits per heavy atom. The van der Waals surface area contributed by atoms with Crippen LogP contribution in [0.5, 0.6) is 0 Å². The molecule has 5 heteroatoms. The molecule has 0 spiro atoms. The predicted octanol–water partition coefficient (Wildman–Crippen LogP) is 3.24. The number of hydrogen-bond donors (Lipinski definition) is 0. The lowest BCUT2D eigenvalue weighted by atomic mass is 9.96. The van der Waals surface area contributed by atoms with Crippen LogP contribution in [0.4, 0.5) is 4.79 Å². The average molecular weight is 334 g/mol. The quantitative estimate of drug-likeness (QED) is 0.777. The third kappa shape index (κ3) is 3.49. The van der Waals surface area contributed by atoms with Crippen molar-refractivity contribution >= 4 is 25.3 Å². The largest absolute Gasteiger partial charge is 0.447 e. The highest BCUT2D eigenvalue weighted by molar-refractivity contribution is 6.91. The summed E-state index contributed by atoms with van der Waals surface area (Å²) in [5.74, 6) is 0.0830. The molecule has 2 amide bonds. The molecule has 0 radical (unpaired) electrons. The van der Waals surface area contributed by atoms with E-state index in [1.165, 1.54) is 10.1 Å². The van der Waals surface area contributed by atoms with Gasteiger partial charge in [0.15, 0.2) is 0 Å². The minimum absolute atomic E-state index is 0.0947. The van der Waals surface area contributed by atoms with Gasteiger partial charge in [-0.15, -0.1) is 0 Å². The molecule has 23 heavy (non-hydrogen) atoms. The normalized spacial score (nSPS) is 18.0. The average Bonchev–Trinajstić information content (AvgIpc) is 2.92. The number of ether oxygens (including phenoxy) is 1. The predicted molar refractivity (Wildman–Crippen MR) is 94.4 cm³/mol. The number of carbonyl (C=O) groups excluding carboxylic acids is 2. The van der Waals surface area contributed by atoms with E-state index >= 15 is 0 Å². The number of hydrogen-bond acceptors (Lipinski definition) is 3. The van der Waals surface area contributed by atoms with Gasteiger partial charge in [0.1, 0.15) is 6.61 Å². The van der Waals surface area contributed by atoms with Crippen molar-refractivity contribution < 1.29 is 14.3 Å². The topological polar surface area (TPSA) is 46.6 Å². The van der Waals surface area contributed by atoms with E-state index in [2.05, 4.69) is 51.2 Å². The van der Waals surface area contributed by atoms with Crippen LogP contribution in [-0.4, -0.2) is 38.1 Å². The number of cyclic esters (lactones) is 1. The van der Waals surface area contributed by atoms with E-state index in [1.54, 1.807) is 0 Å². The smallest absolute Gasteiger partial charge is 0.416 e. The minimum atomic E-state index is -1.87. The molecule has 0 N–H and O–H groups in total. The molecule has 0 unspecified atom stereocenters. The van der Waals surface area contributed by atoms with Crippen molar-refractivity contribution in [3.05, 3.63) is 30.3 Å². The van der Waals surface area contributed by atoms with Gasteiger partial charge < -0.3 is 4.74 Å². The van der Waals surface area contributed by atoms with Gasteiger partial charge in [-0.25, -0.2) is 9.69 Å². The lowest BCUT2D eigenvalue weighted by Crippen LogP contribution is -2.52. The van der Waals surface area contributed by atoms with Crippen molar-refractivity contribution in [1.82, 2.24) is 4.90 Å². The molecule has 1 saturated heterocycles. The van der Waals surface area contributed by atoms with Gasteiger partial charge in [-0.2, -0.15) is 0 Å². The molecule has 1 aliphatic rings. The van der Waals surface area contributed by atoms with Gasteiger partial charge in [-0.3, -0.25) is 4.79 Å². The fraction of sp³-hybridized carbons (Fsp3) is 0.556. The molecule has 1 fully saturated rings. The highest BCUT2D eigenvalue weighted by Crippen LogP contribution is 2.38. The van der Waals surface area contributed by atoms with Crippen LogP contribution in [0.25, 0.3) is 0 Å². The maximum atomic E-state index is 12.8. The Morgan fingerprint density at radius 1 is 1.17 bits per heavy atom. The standard InChI is InChI=1S/C18H27NO3Si/c1-13(2)16(23(4,5)15-9-7-6-8-10-15)14(3)17(20)19-11-12-22-18(19)21/h6-10,13-14,16H,11-12H2,1-5H3/t14-,16-/m0/s1. The summed E-state index contributed by atoms with van der Waals surface area (Å²) in [6.07, 6.45) is -0.497. The Morgan fingerprint density at radius 3 is 2.26 bits per heavy atom. The third-order valence-electron chi connectivity index (χ3n) is 5.02. The minimum Gasteiger partial charge on any atom is -0.447 e. The lowest BCUT2D eigenvalue weighted by molar-refractivity contribution is -0.131. The van der Waals surface area contributed by atoms with E-state index < -0.39 is 14.2 Å². The third-order valence-corrected chi connectivity index (χ3v) is 9.68. The van der Waals surface area contributed by atoms with Crippen LogP contribution in [0.15, 0.2) is 30.3 Å². The fourth-order valence-corrected chi connectivity index (χ4v) is 8.58. The van der Waals surface area contributed by atoms with Crippen LogP contribution in [0.3, 0.4) is 0 Å². The number of nitrogens with zero attached hydrogens (tertiary/aromatic N) is 1. The highest BCUT2D eigenvalue weighted by atomic mass is 28.3. The van der Waals surface area contributed by atoms with E-state index in [9.17, 15) is 9.59 Å². The molecule has 2 rings (SSSR count). The van der Waals surface area contributed by atoms with Crippen molar-refractivity contribution in [2.75, 3.05) is 13.2 Å². The molecule has 0 aromatic heterocycles. The Labute approximate surface area is 139 Å². The molecule has 1 aromatic rings. The Hall–Kier alpha value is -1.62. The van der Waals surface area contributed by atoms with Gasteiger partial charge in [0.05, 0.1) is 14.6 Å². The van der Waals surface area contributed by atoms with Gasteiger partial charge in [-0.1, -0.05) is 69.4 Å². The maximum absolute atomic E-state index is 12.8. The summed E-state index contributed by atoms with van der Waals surface area (Å²) < 4.78 is 4.92. The second-order valence-corrected chi connectivity index (χ2v) is 11.9. The number of amides is 2. The van der Waals surface area contributed by atoms with Gasteiger partial charge in [0, 0.05) is 5.92 Å². The Kier molecular flexibility index (Phi) is 5.29. The summed E-state index contributed by atoms with van der Waals surface area (Å²) in [7, 11) is -1.87. The van der Waals surface area contributed by atoms with Crippen LogP contribution in [-0.2, 0) is 9.53 Å². The second kappa shape index (κ2) is 6.87. The molecule has 126 valence electrons. The molecule has 1 aromatic carbocycles. The summed E-state index contributed by atoms with van der Waals surface area (Å²) in [4.78, 5) is 25.8. The number of imide groups is 1. The second-order valence-electron chi connectivity index (χ2n) is 7.25. The van der Waals surface area contributed by atoms with Crippen LogP contribution in [0.2, 0.25) is 18.6 Å². The van der Waals surface area contributed by atoms with Gasteiger partial charge in [0.2, 0.25) is 5.91 Å². The summed E-state index contributed by atoms with van der Waals surface area (Å²) in [6, 6.07) is 10.5. The first kappa shape index (κ1) is 17.7. The molecule has 0 saturated carbocycles. The zero-order valence-corrected chi connectivity index (χ0v) is 15.7. The summed E-state index contributed by atoms with van der Waals surface area (Å²) in [5, 5.41) is 1.35. The first-order valence-corrected chi connectivity index (χ1v) is 11.4. The van der Waals surface area contributed by atoms with E-state index in [4.69, 9.17) is 4.74 Å². The van der Waals surface area contributed by atoms with Crippen molar-refractivity contribution in [2.45, 2.75) is 39.4 Å². The van der Waals surface area contributed by atoms with Crippen LogP contribution in [0, 0.1) is 11.8 Å². The monoisotopic (exact) mass is 333 g/mol. The SMILES string of the molecule is CC(C)[C@@H]([C@H](C)C(=O)N1CCOC1=O)[Si](C)(C)c1ccccc1. The van der Waals surface area contributed by atoms with Crippen LogP contribution >= 0.6 is 0 Å². The molecule has 4 nitrogen and oxygen atoms in total. The van der Waals surface area contributed by atoms with E-state index in [1.807, 2.05) is 13.0 Å². The fourth-order valence-electron chi connectivity index (χ4n) is 4.09. The van der Waals surface area contributed by atoms with Crippen molar-refractivity contribution in [1.29, 1.82) is 0 Å². The number of benzene rings is 1. The molecular weight excluding hydrogens is 306 g/mol.